The minimum atomic E-state index is -0.0453. The molecule has 1 atom stereocenters. The number of rotatable bonds is 7. The van der Waals surface area contributed by atoms with E-state index in [1.807, 2.05) is 36.2 Å². The molecule has 1 saturated carbocycles. The third-order valence-electron chi connectivity index (χ3n) is 3.75. The standard InChI is InChI=1S/C15H23N3O2/c1-18(13(9-16)11-7-8-11)10-15(19)17-12-5-3-4-6-14(12)20-2/h3-6,11,13H,7-10,16H2,1-2H3,(H,17,19). The van der Waals surface area contributed by atoms with E-state index in [1.165, 1.54) is 12.8 Å². The maximum atomic E-state index is 12.1. The van der Waals surface area contributed by atoms with Gasteiger partial charge in [-0.25, -0.2) is 0 Å². The Kier molecular flexibility index (Phi) is 4.98. The van der Waals surface area contributed by atoms with Crippen LogP contribution in [0.15, 0.2) is 24.3 Å². The summed E-state index contributed by atoms with van der Waals surface area (Å²) >= 11 is 0. The molecule has 3 N–H and O–H groups in total. The Hall–Kier alpha value is -1.59. The second-order valence-corrected chi connectivity index (χ2v) is 5.30. The second-order valence-electron chi connectivity index (χ2n) is 5.30. The molecule has 0 saturated heterocycles. The smallest absolute Gasteiger partial charge is 0.238 e. The molecule has 2 rings (SSSR count). The normalized spacial score (nSPS) is 16.0. The zero-order chi connectivity index (χ0) is 14.5. The Morgan fingerprint density at radius 1 is 1.50 bits per heavy atom. The summed E-state index contributed by atoms with van der Waals surface area (Å²) in [6.45, 7) is 0.944. The van der Waals surface area contributed by atoms with Gasteiger partial charge in [-0.3, -0.25) is 9.69 Å². The average molecular weight is 277 g/mol. The molecule has 1 aliphatic carbocycles. The molecule has 0 radical (unpaired) electrons. The van der Waals surface area contributed by atoms with Crippen LogP contribution in [0.1, 0.15) is 12.8 Å². The van der Waals surface area contributed by atoms with Crippen LogP contribution in [-0.2, 0) is 4.79 Å². The quantitative estimate of drug-likeness (QED) is 0.788. The average Bonchev–Trinajstić information content (AvgIpc) is 3.24. The number of benzene rings is 1. The van der Waals surface area contributed by atoms with E-state index >= 15 is 0 Å². The first-order valence-electron chi connectivity index (χ1n) is 6.99. The Balaban J connectivity index is 1.91. The Labute approximate surface area is 120 Å². The third-order valence-corrected chi connectivity index (χ3v) is 3.75. The number of nitrogens with two attached hydrogens (primary N) is 1. The van der Waals surface area contributed by atoms with Gasteiger partial charge in [0.25, 0.3) is 0 Å². The van der Waals surface area contributed by atoms with Crippen LogP contribution < -0.4 is 15.8 Å². The summed E-state index contributed by atoms with van der Waals surface area (Å²) in [4.78, 5) is 14.1. The number of carbonyl (C=O) groups excluding carboxylic acids is 1. The molecule has 5 nitrogen and oxygen atoms in total. The highest BCUT2D eigenvalue weighted by atomic mass is 16.5. The minimum Gasteiger partial charge on any atom is -0.495 e. The highest BCUT2D eigenvalue weighted by Crippen LogP contribution is 2.34. The van der Waals surface area contributed by atoms with Crippen molar-refractivity contribution in [2.24, 2.45) is 11.7 Å². The molecule has 0 spiro atoms. The van der Waals surface area contributed by atoms with E-state index in [4.69, 9.17) is 10.5 Å². The van der Waals surface area contributed by atoms with Crippen molar-refractivity contribution in [3.8, 4) is 5.75 Å². The van der Waals surface area contributed by atoms with E-state index in [-0.39, 0.29) is 5.91 Å². The van der Waals surface area contributed by atoms with Crippen LogP contribution in [0.25, 0.3) is 0 Å². The van der Waals surface area contributed by atoms with Crippen molar-refractivity contribution >= 4 is 11.6 Å². The molecule has 5 heteroatoms. The van der Waals surface area contributed by atoms with Crippen molar-refractivity contribution in [3.63, 3.8) is 0 Å². The molecule has 1 unspecified atom stereocenters. The number of methoxy groups -OCH3 is 1. The van der Waals surface area contributed by atoms with Crippen molar-refractivity contribution in [1.29, 1.82) is 0 Å². The van der Waals surface area contributed by atoms with Gasteiger partial charge in [-0.1, -0.05) is 12.1 Å². The number of likely N-dealkylation sites (N-methyl/N-ethyl adjacent to an activating group) is 1. The van der Waals surface area contributed by atoms with Crippen molar-refractivity contribution in [3.05, 3.63) is 24.3 Å². The lowest BCUT2D eigenvalue weighted by Gasteiger charge is -2.26. The van der Waals surface area contributed by atoms with Crippen LogP contribution in [0.5, 0.6) is 5.75 Å². The zero-order valence-electron chi connectivity index (χ0n) is 12.1. The summed E-state index contributed by atoms with van der Waals surface area (Å²) in [5.41, 5.74) is 6.49. The second kappa shape index (κ2) is 6.72. The molecule has 0 bridgehead atoms. The number of hydrogen-bond donors (Lipinski definition) is 2. The van der Waals surface area contributed by atoms with E-state index in [0.717, 1.165) is 0 Å². The first-order valence-corrected chi connectivity index (χ1v) is 6.99. The lowest BCUT2D eigenvalue weighted by atomic mass is 10.1. The lowest BCUT2D eigenvalue weighted by molar-refractivity contribution is -0.117. The molecule has 0 heterocycles. The zero-order valence-corrected chi connectivity index (χ0v) is 12.1. The van der Waals surface area contributed by atoms with Crippen molar-refractivity contribution < 1.29 is 9.53 Å². The Morgan fingerprint density at radius 3 is 2.80 bits per heavy atom. The van der Waals surface area contributed by atoms with Crippen LogP contribution in [0.2, 0.25) is 0 Å². The Morgan fingerprint density at radius 2 is 2.20 bits per heavy atom. The minimum absolute atomic E-state index is 0.0453. The van der Waals surface area contributed by atoms with Gasteiger partial charge >= 0.3 is 0 Å². The number of amides is 1. The van der Waals surface area contributed by atoms with Crippen LogP contribution in [-0.4, -0.2) is 44.1 Å². The highest BCUT2D eigenvalue weighted by Gasteiger charge is 2.33. The van der Waals surface area contributed by atoms with Gasteiger partial charge in [0.15, 0.2) is 0 Å². The van der Waals surface area contributed by atoms with Gasteiger partial charge in [0.05, 0.1) is 19.3 Å². The maximum Gasteiger partial charge on any atom is 0.238 e. The van der Waals surface area contributed by atoms with E-state index in [0.29, 0.717) is 36.5 Å². The largest absolute Gasteiger partial charge is 0.495 e. The summed E-state index contributed by atoms with van der Waals surface area (Å²) in [5, 5.41) is 2.88. The fourth-order valence-electron chi connectivity index (χ4n) is 2.49. The van der Waals surface area contributed by atoms with Crippen LogP contribution >= 0.6 is 0 Å². The molecule has 1 aliphatic rings. The van der Waals surface area contributed by atoms with Crippen LogP contribution in [0, 0.1) is 5.92 Å². The monoisotopic (exact) mass is 277 g/mol. The predicted molar refractivity (Wildman–Crippen MR) is 79.8 cm³/mol. The van der Waals surface area contributed by atoms with Gasteiger partial charge < -0.3 is 15.8 Å². The predicted octanol–water partition coefficient (Wildman–Crippen LogP) is 1.30. The summed E-state index contributed by atoms with van der Waals surface area (Å²) < 4.78 is 5.22. The molecule has 1 fully saturated rings. The summed E-state index contributed by atoms with van der Waals surface area (Å²) in [6.07, 6.45) is 2.45. The number of hydrogen-bond acceptors (Lipinski definition) is 4. The lowest BCUT2D eigenvalue weighted by Crippen LogP contribution is -2.43. The van der Waals surface area contributed by atoms with Gasteiger partial charge in [-0.15, -0.1) is 0 Å². The van der Waals surface area contributed by atoms with Gasteiger partial charge in [0.2, 0.25) is 5.91 Å². The van der Waals surface area contributed by atoms with Crippen LogP contribution in [0.4, 0.5) is 5.69 Å². The van der Waals surface area contributed by atoms with Crippen LogP contribution in [0.3, 0.4) is 0 Å². The fraction of sp³-hybridized carbons (Fsp3) is 0.533. The molecular weight excluding hydrogens is 254 g/mol. The van der Waals surface area contributed by atoms with Crippen molar-refractivity contribution in [2.75, 3.05) is 32.6 Å². The van der Waals surface area contributed by atoms with E-state index in [9.17, 15) is 4.79 Å². The first kappa shape index (κ1) is 14.8. The molecule has 110 valence electrons. The molecule has 1 aromatic carbocycles. The maximum absolute atomic E-state index is 12.1. The number of carbonyl (C=O) groups is 1. The first-order chi connectivity index (χ1) is 9.65. The topological polar surface area (TPSA) is 67.6 Å². The highest BCUT2D eigenvalue weighted by molar-refractivity contribution is 5.93. The van der Waals surface area contributed by atoms with E-state index < -0.39 is 0 Å². The fourth-order valence-corrected chi connectivity index (χ4v) is 2.49. The number of anilines is 1. The van der Waals surface area contributed by atoms with E-state index in [2.05, 4.69) is 5.32 Å². The summed E-state index contributed by atoms with van der Waals surface area (Å²) in [7, 11) is 3.55. The van der Waals surface area contributed by atoms with Crippen molar-refractivity contribution in [1.82, 2.24) is 4.90 Å². The van der Waals surface area contributed by atoms with Crippen molar-refractivity contribution in [2.45, 2.75) is 18.9 Å². The SMILES string of the molecule is COc1ccccc1NC(=O)CN(C)C(CN)C1CC1. The number of nitrogens with zero attached hydrogens (tertiary/aromatic N) is 1. The molecule has 1 amide bonds. The number of para-hydroxylation sites is 2. The molecule has 0 aliphatic heterocycles. The van der Waals surface area contributed by atoms with Gasteiger partial charge in [0.1, 0.15) is 5.75 Å². The van der Waals surface area contributed by atoms with E-state index in [1.54, 1.807) is 7.11 Å². The van der Waals surface area contributed by atoms with Gasteiger partial charge in [-0.2, -0.15) is 0 Å². The number of nitrogens with one attached hydrogen (secondary N) is 1. The number of ether oxygens (including phenoxy) is 1. The third kappa shape index (κ3) is 3.71. The summed E-state index contributed by atoms with van der Waals surface area (Å²) in [5.74, 6) is 1.28. The molecular formula is C15H23N3O2. The van der Waals surface area contributed by atoms with Gasteiger partial charge in [0, 0.05) is 12.6 Å². The Bertz CT molecular complexity index is 460. The summed E-state index contributed by atoms with van der Waals surface area (Å²) in [6, 6.07) is 7.70. The molecule has 0 aromatic heterocycles. The molecule has 20 heavy (non-hydrogen) atoms. The molecule has 1 aromatic rings. The van der Waals surface area contributed by atoms with Gasteiger partial charge in [-0.05, 0) is 37.9 Å².